The maximum absolute atomic E-state index is 12.8. The average Bonchev–Trinajstić information content (AvgIpc) is 2.87. The van der Waals surface area contributed by atoms with Gasteiger partial charge in [0.15, 0.2) is 0 Å². The van der Waals surface area contributed by atoms with Gasteiger partial charge in [0.05, 0.1) is 19.1 Å². The zero-order chi connectivity index (χ0) is 13.7. The molecule has 0 aromatic heterocycles. The number of anilines is 1. The first kappa shape index (κ1) is 14.0. The van der Waals surface area contributed by atoms with Gasteiger partial charge in [0.2, 0.25) is 5.91 Å². The van der Waals surface area contributed by atoms with Crippen LogP contribution in [0.5, 0.6) is 0 Å². The zero-order valence-corrected chi connectivity index (χ0v) is 11.0. The summed E-state index contributed by atoms with van der Waals surface area (Å²) in [7, 11) is 0. The molecule has 0 radical (unpaired) electrons. The number of hydrogen-bond donors (Lipinski definition) is 2. The Balaban J connectivity index is 1.93. The lowest BCUT2D eigenvalue weighted by Gasteiger charge is -2.18. The first-order chi connectivity index (χ1) is 9.20. The van der Waals surface area contributed by atoms with E-state index in [0.29, 0.717) is 18.9 Å². The number of rotatable bonds is 5. The second kappa shape index (κ2) is 6.63. The van der Waals surface area contributed by atoms with Crippen LogP contribution in [0.15, 0.2) is 24.3 Å². The van der Waals surface area contributed by atoms with E-state index in [1.54, 1.807) is 12.1 Å². The molecule has 0 spiro atoms. The number of hydrogen-bond acceptors (Lipinski definition) is 3. The van der Waals surface area contributed by atoms with E-state index in [1.165, 1.54) is 12.1 Å². The van der Waals surface area contributed by atoms with Gasteiger partial charge in [0.25, 0.3) is 0 Å². The molecular weight excluding hydrogens is 247 g/mol. The lowest BCUT2D eigenvalue weighted by molar-refractivity contribution is -0.120. The van der Waals surface area contributed by atoms with Gasteiger partial charge in [-0.1, -0.05) is 6.92 Å². The molecule has 0 bridgehead atoms. The summed E-state index contributed by atoms with van der Waals surface area (Å²) in [4.78, 5) is 12.1. The zero-order valence-electron chi connectivity index (χ0n) is 11.0. The van der Waals surface area contributed by atoms with Crippen molar-refractivity contribution in [1.82, 2.24) is 5.32 Å². The normalized spacial score (nSPS) is 22.4. The molecule has 1 saturated heterocycles. The largest absolute Gasteiger partial charge is 0.379 e. The van der Waals surface area contributed by atoms with Crippen LogP contribution in [0.3, 0.4) is 0 Å². The van der Waals surface area contributed by atoms with Crippen molar-refractivity contribution in [2.45, 2.75) is 19.4 Å². The lowest BCUT2D eigenvalue weighted by Crippen LogP contribution is -2.41. The Bertz CT molecular complexity index is 422. The third kappa shape index (κ3) is 3.75. The molecule has 5 heteroatoms. The number of carbonyl (C=O) groups excluding carboxylic acids is 1. The summed E-state index contributed by atoms with van der Waals surface area (Å²) in [5, 5.41) is 6.10. The van der Waals surface area contributed by atoms with Gasteiger partial charge in [0, 0.05) is 11.7 Å². The summed E-state index contributed by atoms with van der Waals surface area (Å²) in [5.41, 5.74) is 0.604. The van der Waals surface area contributed by atoms with Crippen LogP contribution in [-0.4, -0.2) is 31.7 Å². The van der Waals surface area contributed by atoms with Crippen LogP contribution in [0.4, 0.5) is 10.1 Å². The molecule has 2 N–H and O–H groups in total. The van der Waals surface area contributed by atoms with Crippen LogP contribution < -0.4 is 10.6 Å². The molecule has 2 rings (SSSR count). The van der Waals surface area contributed by atoms with E-state index in [2.05, 4.69) is 17.6 Å². The first-order valence-electron chi connectivity index (χ1n) is 6.58. The van der Waals surface area contributed by atoms with E-state index in [0.717, 1.165) is 13.0 Å². The molecule has 2 unspecified atom stereocenters. The van der Waals surface area contributed by atoms with Gasteiger partial charge >= 0.3 is 0 Å². The molecule has 1 aliphatic heterocycles. The summed E-state index contributed by atoms with van der Waals surface area (Å²) in [6, 6.07) is 5.82. The molecule has 1 aliphatic rings. The average molecular weight is 266 g/mol. The molecule has 1 aromatic carbocycles. The molecule has 1 aromatic rings. The summed E-state index contributed by atoms with van der Waals surface area (Å²) in [5.74, 6) is -0.598. The van der Waals surface area contributed by atoms with Crippen molar-refractivity contribution >= 4 is 11.6 Å². The van der Waals surface area contributed by atoms with Gasteiger partial charge in [0.1, 0.15) is 5.82 Å². The summed E-state index contributed by atoms with van der Waals surface area (Å²) in [6.45, 7) is 3.93. The van der Waals surface area contributed by atoms with Crippen LogP contribution in [-0.2, 0) is 9.53 Å². The van der Waals surface area contributed by atoms with Crippen LogP contribution in [0, 0.1) is 11.7 Å². The van der Waals surface area contributed by atoms with Gasteiger partial charge in [-0.05, 0) is 37.2 Å². The molecule has 0 aliphatic carbocycles. The van der Waals surface area contributed by atoms with E-state index in [4.69, 9.17) is 4.74 Å². The summed E-state index contributed by atoms with van der Waals surface area (Å²) in [6.07, 6.45) is 1.02. The Morgan fingerprint density at radius 2 is 2.11 bits per heavy atom. The van der Waals surface area contributed by atoms with Crippen LogP contribution in [0.1, 0.15) is 13.3 Å². The number of benzene rings is 1. The number of nitrogens with one attached hydrogen (secondary N) is 2. The quantitative estimate of drug-likeness (QED) is 0.854. The van der Waals surface area contributed by atoms with E-state index < -0.39 is 0 Å². The number of amides is 1. The predicted octanol–water partition coefficient (Wildman–Crippen LogP) is 1.78. The standard InChI is InChI=1S/C14H19FN2O2/c1-2-7-16-13-9-19-8-12(13)14(18)17-11-5-3-10(15)4-6-11/h3-6,12-13,16H,2,7-9H2,1H3,(H,17,18). The second-order valence-corrected chi connectivity index (χ2v) is 4.70. The smallest absolute Gasteiger partial charge is 0.231 e. The fourth-order valence-corrected chi connectivity index (χ4v) is 2.11. The minimum atomic E-state index is -0.315. The van der Waals surface area contributed by atoms with Crippen molar-refractivity contribution in [3.05, 3.63) is 30.1 Å². The number of halogens is 1. The van der Waals surface area contributed by atoms with Crippen molar-refractivity contribution in [3.8, 4) is 0 Å². The lowest BCUT2D eigenvalue weighted by atomic mass is 10.0. The van der Waals surface area contributed by atoms with Gasteiger partial charge in [-0.25, -0.2) is 4.39 Å². The van der Waals surface area contributed by atoms with Gasteiger partial charge in [-0.3, -0.25) is 4.79 Å². The Labute approximate surface area is 112 Å². The topological polar surface area (TPSA) is 50.4 Å². The summed E-state index contributed by atoms with van der Waals surface area (Å²) < 4.78 is 18.1. The third-order valence-corrected chi connectivity index (χ3v) is 3.19. The SMILES string of the molecule is CCCNC1COCC1C(=O)Nc1ccc(F)cc1. The Morgan fingerprint density at radius 1 is 1.37 bits per heavy atom. The fourth-order valence-electron chi connectivity index (χ4n) is 2.11. The second-order valence-electron chi connectivity index (χ2n) is 4.70. The van der Waals surface area contributed by atoms with E-state index >= 15 is 0 Å². The predicted molar refractivity (Wildman–Crippen MR) is 71.4 cm³/mol. The minimum Gasteiger partial charge on any atom is -0.379 e. The minimum absolute atomic E-state index is 0.0559. The molecule has 19 heavy (non-hydrogen) atoms. The first-order valence-corrected chi connectivity index (χ1v) is 6.58. The van der Waals surface area contributed by atoms with Crippen molar-refractivity contribution in [2.75, 3.05) is 25.1 Å². The highest BCUT2D eigenvalue weighted by atomic mass is 19.1. The van der Waals surface area contributed by atoms with Crippen molar-refractivity contribution in [1.29, 1.82) is 0 Å². The van der Waals surface area contributed by atoms with Crippen molar-refractivity contribution in [2.24, 2.45) is 5.92 Å². The highest BCUT2D eigenvalue weighted by Crippen LogP contribution is 2.17. The van der Waals surface area contributed by atoms with Crippen LogP contribution in [0.2, 0.25) is 0 Å². The Hall–Kier alpha value is -1.46. The molecule has 4 nitrogen and oxygen atoms in total. The fraction of sp³-hybridized carbons (Fsp3) is 0.500. The van der Waals surface area contributed by atoms with Crippen LogP contribution in [0.25, 0.3) is 0 Å². The molecule has 104 valence electrons. The van der Waals surface area contributed by atoms with E-state index in [1.807, 2.05) is 0 Å². The molecule has 0 saturated carbocycles. The van der Waals surface area contributed by atoms with Gasteiger partial charge < -0.3 is 15.4 Å². The van der Waals surface area contributed by atoms with Gasteiger partial charge in [-0.2, -0.15) is 0 Å². The van der Waals surface area contributed by atoms with Crippen LogP contribution >= 0.6 is 0 Å². The molecular formula is C14H19FN2O2. The van der Waals surface area contributed by atoms with E-state index in [-0.39, 0.29) is 23.7 Å². The van der Waals surface area contributed by atoms with Crippen molar-refractivity contribution < 1.29 is 13.9 Å². The maximum atomic E-state index is 12.8. The monoisotopic (exact) mass is 266 g/mol. The van der Waals surface area contributed by atoms with Crippen molar-refractivity contribution in [3.63, 3.8) is 0 Å². The Morgan fingerprint density at radius 3 is 2.79 bits per heavy atom. The third-order valence-electron chi connectivity index (χ3n) is 3.19. The maximum Gasteiger partial charge on any atom is 0.231 e. The number of carbonyl (C=O) groups is 1. The molecule has 2 atom stereocenters. The highest BCUT2D eigenvalue weighted by molar-refractivity contribution is 5.93. The molecule has 1 amide bonds. The molecule has 1 fully saturated rings. The van der Waals surface area contributed by atoms with E-state index in [9.17, 15) is 9.18 Å². The summed E-state index contributed by atoms with van der Waals surface area (Å²) >= 11 is 0. The van der Waals surface area contributed by atoms with Gasteiger partial charge in [-0.15, -0.1) is 0 Å². The number of ether oxygens (including phenoxy) is 1. The highest BCUT2D eigenvalue weighted by Gasteiger charge is 2.33. The molecule has 1 heterocycles. The Kier molecular flexibility index (Phi) is 4.87.